The predicted octanol–water partition coefficient (Wildman–Crippen LogP) is 2.68. The molecule has 112 valence electrons. The van der Waals surface area contributed by atoms with Gasteiger partial charge >= 0.3 is 0 Å². The van der Waals surface area contributed by atoms with Crippen LogP contribution in [0.3, 0.4) is 0 Å². The van der Waals surface area contributed by atoms with Gasteiger partial charge in [-0.1, -0.05) is 12.1 Å². The molecule has 1 aliphatic heterocycles. The van der Waals surface area contributed by atoms with Crippen molar-refractivity contribution in [1.82, 2.24) is 4.90 Å². The van der Waals surface area contributed by atoms with Gasteiger partial charge in [-0.3, -0.25) is 4.79 Å². The van der Waals surface area contributed by atoms with Gasteiger partial charge in [-0.05, 0) is 25.0 Å². The number of rotatable bonds is 5. The third kappa shape index (κ3) is 4.36. The van der Waals surface area contributed by atoms with E-state index in [0.29, 0.717) is 23.6 Å². The summed E-state index contributed by atoms with van der Waals surface area (Å²) in [5.74, 6) is 0.519. The molecule has 1 aromatic rings. The van der Waals surface area contributed by atoms with E-state index >= 15 is 0 Å². The number of thioether (sulfide) groups is 1. The highest BCUT2D eigenvalue weighted by atomic mass is 35.5. The number of halogens is 2. The van der Waals surface area contributed by atoms with E-state index in [1.165, 1.54) is 17.8 Å². The molecule has 0 spiro atoms. The fourth-order valence-corrected chi connectivity index (χ4v) is 3.24. The van der Waals surface area contributed by atoms with Crippen molar-refractivity contribution in [3.8, 4) is 0 Å². The minimum Gasteiger partial charge on any atom is -0.338 e. The summed E-state index contributed by atoms with van der Waals surface area (Å²) in [5.41, 5.74) is 5.65. The van der Waals surface area contributed by atoms with Crippen molar-refractivity contribution in [1.29, 1.82) is 0 Å². The molecular formula is C14H20ClFN2OS. The average Bonchev–Trinajstić information content (AvgIpc) is 2.89. The molecule has 0 bridgehead atoms. The van der Waals surface area contributed by atoms with Crippen LogP contribution >= 0.6 is 24.2 Å². The molecule has 1 aromatic carbocycles. The number of benzene rings is 1. The second-order valence-electron chi connectivity index (χ2n) is 4.65. The van der Waals surface area contributed by atoms with Gasteiger partial charge in [0.15, 0.2) is 0 Å². The SMILES string of the molecule is Cl.NCC1CCCN1C(=O)CCSc1ccccc1F. The molecule has 2 rings (SSSR count). The number of nitrogens with two attached hydrogens (primary N) is 1. The molecule has 0 aliphatic carbocycles. The van der Waals surface area contributed by atoms with Crippen LogP contribution in [0.15, 0.2) is 29.2 Å². The van der Waals surface area contributed by atoms with E-state index in [2.05, 4.69) is 0 Å². The van der Waals surface area contributed by atoms with Gasteiger partial charge in [0.05, 0.1) is 0 Å². The summed E-state index contributed by atoms with van der Waals surface area (Å²) in [5, 5.41) is 0. The topological polar surface area (TPSA) is 46.3 Å². The Morgan fingerprint density at radius 3 is 2.90 bits per heavy atom. The first-order valence-electron chi connectivity index (χ1n) is 6.59. The zero-order valence-corrected chi connectivity index (χ0v) is 12.9. The molecule has 1 amide bonds. The average molecular weight is 319 g/mol. The first-order chi connectivity index (χ1) is 9.22. The molecular weight excluding hydrogens is 299 g/mol. The zero-order valence-electron chi connectivity index (χ0n) is 11.3. The molecule has 1 aliphatic rings. The second kappa shape index (κ2) is 8.49. The lowest BCUT2D eigenvalue weighted by atomic mass is 10.2. The quantitative estimate of drug-likeness (QED) is 0.849. The Bertz CT molecular complexity index is 447. The summed E-state index contributed by atoms with van der Waals surface area (Å²) in [6, 6.07) is 6.85. The monoisotopic (exact) mass is 318 g/mol. The Balaban J connectivity index is 0.00000200. The maximum absolute atomic E-state index is 13.4. The lowest BCUT2D eigenvalue weighted by molar-refractivity contribution is -0.131. The van der Waals surface area contributed by atoms with Crippen molar-refractivity contribution in [3.63, 3.8) is 0 Å². The van der Waals surface area contributed by atoms with Crippen LogP contribution in [-0.2, 0) is 4.79 Å². The Kier molecular flexibility index (Phi) is 7.34. The minimum absolute atomic E-state index is 0. The third-order valence-corrected chi connectivity index (χ3v) is 4.43. The van der Waals surface area contributed by atoms with Crippen LogP contribution in [0.2, 0.25) is 0 Å². The Morgan fingerprint density at radius 1 is 1.45 bits per heavy atom. The van der Waals surface area contributed by atoms with E-state index < -0.39 is 0 Å². The highest BCUT2D eigenvalue weighted by Gasteiger charge is 2.26. The third-order valence-electron chi connectivity index (χ3n) is 3.38. The van der Waals surface area contributed by atoms with E-state index in [1.54, 1.807) is 18.2 Å². The highest BCUT2D eigenvalue weighted by molar-refractivity contribution is 7.99. The summed E-state index contributed by atoms with van der Waals surface area (Å²) < 4.78 is 13.4. The molecule has 1 unspecified atom stereocenters. The zero-order chi connectivity index (χ0) is 13.7. The molecule has 20 heavy (non-hydrogen) atoms. The number of carbonyl (C=O) groups excluding carboxylic acids is 1. The van der Waals surface area contributed by atoms with Crippen LogP contribution in [0, 0.1) is 5.82 Å². The van der Waals surface area contributed by atoms with Crippen molar-refractivity contribution in [2.75, 3.05) is 18.8 Å². The van der Waals surface area contributed by atoms with E-state index in [4.69, 9.17) is 5.73 Å². The molecule has 1 saturated heterocycles. The van der Waals surface area contributed by atoms with Crippen LogP contribution in [0.25, 0.3) is 0 Å². The molecule has 0 aromatic heterocycles. The number of carbonyl (C=O) groups is 1. The molecule has 6 heteroatoms. The van der Waals surface area contributed by atoms with Crippen LogP contribution in [-0.4, -0.2) is 35.7 Å². The number of hydrogen-bond acceptors (Lipinski definition) is 3. The Labute approximate surface area is 129 Å². The highest BCUT2D eigenvalue weighted by Crippen LogP contribution is 2.23. The standard InChI is InChI=1S/C14H19FN2OS.ClH/c15-12-5-1-2-6-13(12)19-9-7-14(18)17-8-3-4-11(17)10-16;/h1-2,5-6,11H,3-4,7-10,16H2;1H. The maximum Gasteiger partial charge on any atom is 0.223 e. The summed E-state index contributed by atoms with van der Waals surface area (Å²) in [4.78, 5) is 14.5. The molecule has 1 atom stereocenters. The maximum atomic E-state index is 13.4. The van der Waals surface area contributed by atoms with Gasteiger partial charge < -0.3 is 10.6 Å². The minimum atomic E-state index is -0.221. The lowest BCUT2D eigenvalue weighted by Crippen LogP contribution is -2.40. The summed E-state index contributed by atoms with van der Waals surface area (Å²) in [6.45, 7) is 1.34. The summed E-state index contributed by atoms with van der Waals surface area (Å²) in [6.07, 6.45) is 2.48. The number of likely N-dealkylation sites (tertiary alicyclic amines) is 1. The molecule has 0 radical (unpaired) electrons. The van der Waals surface area contributed by atoms with Crippen molar-refractivity contribution in [2.24, 2.45) is 5.73 Å². The molecule has 1 heterocycles. The van der Waals surface area contributed by atoms with Gasteiger partial charge in [0.2, 0.25) is 5.91 Å². The number of amides is 1. The Hall–Kier alpha value is -0.780. The molecule has 1 fully saturated rings. The predicted molar refractivity (Wildman–Crippen MR) is 82.8 cm³/mol. The molecule has 2 N–H and O–H groups in total. The van der Waals surface area contributed by atoms with Gasteiger partial charge in [-0.25, -0.2) is 4.39 Å². The van der Waals surface area contributed by atoms with E-state index in [0.717, 1.165) is 19.4 Å². The van der Waals surface area contributed by atoms with Gasteiger partial charge in [-0.2, -0.15) is 0 Å². The smallest absolute Gasteiger partial charge is 0.223 e. The normalized spacial score (nSPS) is 17.9. The van der Waals surface area contributed by atoms with Crippen molar-refractivity contribution in [3.05, 3.63) is 30.1 Å². The lowest BCUT2D eigenvalue weighted by Gasteiger charge is -2.23. The fraction of sp³-hybridized carbons (Fsp3) is 0.500. The van der Waals surface area contributed by atoms with E-state index in [9.17, 15) is 9.18 Å². The largest absolute Gasteiger partial charge is 0.338 e. The van der Waals surface area contributed by atoms with Crippen molar-refractivity contribution >= 4 is 30.1 Å². The van der Waals surface area contributed by atoms with Crippen LogP contribution in [0.4, 0.5) is 4.39 Å². The van der Waals surface area contributed by atoms with Crippen molar-refractivity contribution in [2.45, 2.75) is 30.2 Å². The molecule has 0 saturated carbocycles. The van der Waals surface area contributed by atoms with Crippen LogP contribution < -0.4 is 5.73 Å². The number of hydrogen-bond donors (Lipinski definition) is 1. The first-order valence-corrected chi connectivity index (χ1v) is 7.58. The van der Waals surface area contributed by atoms with Gasteiger partial charge in [0.25, 0.3) is 0 Å². The fourth-order valence-electron chi connectivity index (χ4n) is 2.36. The second-order valence-corrected chi connectivity index (χ2v) is 5.78. The van der Waals surface area contributed by atoms with Crippen LogP contribution in [0.1, 0.15) is 19.3 Å². The van der Waals surface area contributed by atoms with E-state index in [-0.39, 0.29) is 30.2 Å². The van der Waals surface area contributed by atoms with E-state index in [1.807, 2.05) is 4.90 Å². The van der Waals surface area contributed by atoms with Gasteiger partial charge in [0, 0.05) is 36.2 Å². The summed E-state index contributed by atoms with van der Waals surface area (Å²) in [7, 11) is 0. The molecule has 3 nitrogen and oxygen atoms in total. The Morgan fingerprint density at radius 2 is 2.20 bits per heavy atom. The number of nitrogens with zero attached hydrogens (tertiary/aromatic N) is 1. The van der Waals surface area contributed by atoms with Gasteiger partial charge in [0.1, 0.15) is 5.82 Å². The van der Waals surface area contributed by atoms with Crippen molar-refractivity contribution < 1.29 is 9.18 Å². The van der Waals surface area contributed by atoms with Gasteiger partial charge in [-0.15, -0.1) is 24.2 Å². The van der Waals surface area contributed by atoms with Crippen LogP contribution in [0.5, 0.6) is 0 Å². The summed E-state index contributed by atoms with van der Waals surface area (Å²) >= 11 is 1.39. The first kappa shape index (κ1) is 17.3.